The Labute approximate surface area is 122 Å². The summed E-state index contributed by atoms with van der Waals surface area (Å²) in [6.45, 7) is 1.54. The summed E-state index contributed by atoms with van der Waals surface area (Å²) < 4.78 is 27.7. The van der Waals surface area contributed by atoms with Crippen LogP contribution < -0.4 is 5.73 Å². The highest BCUT2D eigenvalue weighted by Gasteiger charge is 2.22. The van der Waals surface area contributed by atoms with Crippen LogP contribution in [0.1, 0.15) is 12.0 Å². The van der Waals surface area contributed by atoms with E-state index in [2.05, 4.69) is 5.10 Å². The summed E-state index contributed by atoms with van der Waals surface area (Å²) in [6, 6.07) is 1.92. The van der Waals surface area contributed by atoms with Gasteiger partial charge in [0.25, 0.3) is 0 Å². The molecule has 6 nitrogen and oxygen atoms in total. The largest absolute Gasteiger partial charge is 0.330 e. The van der Waals surface area contributed by atoms with Crippen molar-refractivity contribution in [3.05, 3.63) is 34.8 Å². The summed E-state index contributed by atoms with van der Waals surface area (Å²) in [5.41, 5.74) is 6.41. The summed E-state index contributed by atoms with van der Waals surface area (Å²) in [6.07, 6.45) is 3.71. The number of sulfonamides is 1. The van der Waals surface area contributed by atoms with Crippen LogP contribution >= 0.6 is 11.3 Å². The molecule has 0 spiro atoms. The molecule has 2 N–H and O–H groups in total. The van der Waals surface area contributed by atoms with Crippen molar-refractivity contribution in [3.63, 3.8) is 0 Å². The second kappa shape index (κ2) is 6.49. The number of aryl methyl sites for hydroxylation is 1. The molecule has 0 aliphatic rings. The molecular formula is C12H18N4O2S2. The number of rotatable bonds is 7. The van der Waals surface area contributed by atoms with Crippen molar-refractivity contribution in [2.75, 3.05) is 13.6 Å². The first-order valence-electron chi connectivity index (χ1n) is 6.24. The normalized spacial score (nSPS) is 12.2. The molecule has 0 aromatic carbocycles. The average Bonchev–Trinajstić information content (AvgIpc) is 3.07. The maximum absolute atomic E-state index is 12.4. The molecule has 110 valence electrons. The molecule has 0 saturated heterocycles. The van der Waals surface area contributed by atoms with Crippen LogP contribution in [0.2, 0.25) is 0 Å². The van der Waals surface area contributed by atoms with E-state index in [4.69, 9.17) is 5.73 Å². The average molecular weight is 314 g/mol. The molecule has 2 aromatic heterocycles. The van der Waals surface area contributed by atoms with Crippen LogP contribution in [-0.4, -0.2) is 36.1 Å². The van der Waals surface area contributed by atoms with Gasteiger partial charge >= 0.3 is 0 Å². The van der Waals surface area contributed by atoms with Gasteiger partial charge in [-0.25, -0.2) is 8.42 Å². The predicted octanol–water partition coefficient (Wildman–Crippen LogP) is 1.11. The van der Waals surface area contributed by atoms with Crippen LogP contribution in [-0.2, 0) is 23.1 Å². The zero-order chi connectivity index (χ0) is 14.6. The molecule has 0 aliphatic carbocycles. The van der Waals surface area contributed by atoms with Gasteiger partial charge in [-0.1, -0.05) is 0 Å². The van der Waals surface area contributed by atoms with Crippen molar-refractivity contribution < 1.29 is 8.42 Å². The fourth-order valence-corrected chi connectivity index (χ4v) is 3.53. The molecule has 2 heterocycles. The Kier molecular flexibility index (Phi) is 4.92. The second-order valence-electron chi connectivity index (χ2n) is 4.47. The Morgan fingerprint density at radius 3 is 2.95 bits per heavy atom. The summed E-state index contributed by atoms with van der Waals surface area (Å²) in [7, 11) is -1.92. The zero-order valence-corrected chi connectivity index (χ0v) is 12.9. The van der Waals surface area contributed by atoms with Crippen LogP contribution in [0.3, 0.4) is 0 Å². The zero-order valence-electron chi connectivity index (χ0n) is 11.3. The third-order valence-corrected chi connectivity index (χ3v) is 5.38. The Morgan fingerprint density at radius 1 is 1.50 bits per heavy atom. The van der Waals surface area contributed by atoms with Crippen molar-refractivity contribution >= 4 is 21.4 Å². The van der Waals surface area contributed by atoms with Gasteiger partial charge in [0.1, 0.15) is 4.90 Å². The fourth-order valence-electron chi connectivity index (χ4n) is 1.76. The van der Waals surface area contributed by atoms with Gasteiger partial charge < -0.3 is 5.73 Å². The van der Waals surface area contributed by atoms with Crippen LogP contribution in [0, 0.1) is 0 Å². The lowest BCUT2D eigenvalue weighted by atomic mass is 10.3. The summed E-state index contributed by atoms with van der Waals surface area (Å²) in [4.78, 5) is 0.215. The van der Waals surface area contributed by atoms with Crippen molar-refractivity contribution in [2.24, 2.45) is 5.73 Å². The minimum Gasteiger partial charge on any atom is -0.330 e. The van der Waals surface area contributed by atoms with Crippen molar-refractivity contribution in [3.8, 4) is 0 Å². The summed E-state index contributed by atoms with van der Waals surface area (Å²) in [5, 5.41) is 7.93. The van der Waals surface area contributed by atoms with E-state index in [1.54, 1.807) is 29.3 Å². The maximum Gasteiger partial charge on any atom is 0.246 e. The number of aromatic nitrogens is 2. The molecule has 20 heavy (non-hydrogen) atoms. The van der Waals surface area contributed by atoms with Gasteiger partial charge in [-0.3, -0.25) is 4.68 Å². The van der Waals surface area contributed by atoms with Gasteiger partial charge in [0.15, 0.2) is 0 Å². The molecule has 2 aromatic rings. The van der Waals surface area contributed by atoms with Gasteiger partial charge in [0.2, 0.25) is 10.0 Å². The Bertz CT molecular complexity index is 634. The molecule has 0 radical (unpaired) electrons. The fraction of sp³-hybridized carbons (Fsp3) is 0.417. The van der Waals surface area contributed by atoms with Crippen molar-refractivity contribution in [1.29, 1.82) is 0 Å². The standard InChI is InChI=1S/C12H18N4O2S2/c1-15(8-11-3-6-19-10-11)20(17,18)12-7-14-16(9-12)5-2-4-13/h3,6-7,9-10H,2,4-5,8,13H2,1H3. The van der Waals surface area contributed by atoms with E-state index in [0.29, 0.717) is 19.6 Å². The Balaban J connectivity index is 2.10. The van der Waals surface area contributed by atoms with Gasteiger partial charge in [0.05, 0.1) is 6.20 Å². The molecule has 8 heteroatoms. The van der Waals surface area contributed by atoms with Gasteiger partial charge in [-0.15, -0.1) is 0 Å². The summed E-state index contributed by atoms with van der Waals surface area (Å²) >= 11 is 1.55. The lowest BCUT2D eigenvalue weighted by molar-refractivity contribution is 0.467. The third kappa shape index (κ3) is 3.45. The number of thiophene rings is 1. The van der Waals surface area contributed by atoms with Crippen LogP contribution in [0.25, 0.3) is 0 Å². The molecule has 0 saturated carbocycles. The highest BCUT2D eigenvalue weighted by Crippen LogP contribution is 2.17. The minimum absolute atomic E-state index is 0.215. The molecule has 2 rings (SSSR count). The molecule has 0 unspecified atom stereocenters. The SMILES string of the molecule is CN(Cc1ccsc1)S(=O)(=O)c1cnn(CCCN)c1. The Hall–Kier alpha value is -1.22. The number of nitrogens with two attached hydrogens (primary N) is 1. The van der Waals surface area contributed by atoms with Crippen molar-refractivity contribution in [1.82, 2.24) is 14.1 Å². The summed E-state index contributed by atoms with van der Waals surface area (Å²) in [5.74, 6) is 0. The van der Waals surface area contributed by atoms with E-state index < -0.39 is 10.0 Å². The van der Waals surface area contributed by atoms with E-state index in [1.165, 1.54) is 10.5 Å². The molecular weight excluding hydrogens is 296 g/mol. The molecule has 0 aliphatic heterocycles. The minimum atomic E-state index is -3.50. The second-order valence-corrected chi connectivity index (χ2v) is 7.30. The van der Waals surface area contributed by atoms with E-state index in [1.807, 2.05) is 16.8 Å². The first-order valence-corrected chi connectivity index (χ1v) is 8.62. The highest BCUT2D eigenvalue weighted by atomic mass is 32.2. The molecule has 0 fully saturated rings. The van der Waals surface area contributed by atoms with Crippen LogP contribution in [0.5, 0.6) is 0 Å². The van der Waals surface area contributed by atoms with Crippen LogP contribution in [0.15, 0.2) is 34.1 Å². The number of hydrogen-bond donors (Lipinski definition) is 1. The van der Waals surface area contributed by atoms with E-state index in [9.17, 15) is 8.42 Å². The highest BCUT2D eigenvalue weighted by molar-refractivity contribution is 7.89. The van der Waals surface area contributed by atoms with Crippen LogP contribution in [0.4, 0.5) is 0 Å². The van der Waals surface area contributed by atoms with E-state index in [-0.39, 0.29) is 4.90 Å². The topological polar surface area (TPSA) is 81.2 Å². The quantitative estimate of drug-likeness (QED) is 0.830. The van der Waals surface area contributed by atoms with Gasteiger partial charge in [-0.2, -0.15) is 20.7 Å². The predicted molar refractivity (Wildman–Crippen MR) is 78.9 cm³/mol. The first-order chi connectivity index (χ1) is 9.54. The molecule has 0 bridgehead atoms. The first kappa shape index (κ1) is 15.2. The van der Waals surface area contributed by atoms with Gasteiger partial charge in [-0.05, 0) is 35.4 Å². The van der Waals surface area contributed by atoms with E-state index in [0.717, 1.165) is 12.0 Å². The Morgan fingerprint density at radius 2 is 2.30 bits per heavy atom. The van der Waals surface area contributed by atoms with Crippen molar-refractivity contribution in [2.45, 2.75) is 24.4 Å². The monoisotopic (exact) mass is 314 g/mol. The number of nitrogens with zero attached hydrogens (tertiary/aromatic N) is 3. The molecule has 0 atom stereocenters. The lowest BCUT2D eigenvalue weighted by Gasteiger charge is -2.15. The van der Waals surface area contributed by atoms with E-state index >= 15 is 0 Å². The number of hydrogen-bond acceptors (Lipinski definition) is 5. The maximum atomic E-state index is 12.4. The third-order valence-electron chi connectivity index (χ3n) is 2.89. The lowest BCUT2D eigenvalue weighted by Crippen LogP contribution is -2.26. The molecule has 0 amide bonds. The van der Waals surface area contributed by atoms with Gasteiger partial charge in [0, 0.05) is 26.3 Å². The smallest absolute Gasteiger partial charge is 0.246 e.